The molecule has 0 aliphatic heterocycles. The molecule has 23 heavy (non-hydrogen) atoms. The number of halogens is 4. The van der Waals surface area contributed by atoms with Crippen molar-refractivity contribution >= 4 is 26.0 Å². The quantitative estimate of drug-likeness (QED) is 0.821. The highest BCUT2D eigenvalue weighted by atomic mass is 79.9. The lowest BCUT2D eigenvalue weighted by Crippen LogP contribution is -2.25. The summed E-state index contributed by atoms with van der Waals surface area (Å²) in [6, 6.07) is 6.51. The zero-order chi connectivity index (χ0) is 17.1. The van der Waals surface area contributed by atoms with E-state index >= 15 is 0 Å². The van der Waals surface area contributed by atoms with Crippen molar-refractivity contribution in [2.75, 3.05) is 0 Å². The number of ether oxygens (including phenoxy) is 1. The van der Waals surface area contributed by atoms with E-state index in [9.17, 15) is 21.6 Å². The van der Waals surface area contributed by atoms with E-state index in [-0.39, 0.29) is 11.0 Å². The Labute approximate surface area is 138 Å². The van der Waals surface area contributed by atoms with Crippen molar-refractivity contribution in [2.24, 2.45) is 0 Å². The van der Waals surface area contributed by atoms with Gasteiger partial charge < -0.3 is 4.74 Å². The van der Waals surface area contributed by atoms with Gasteiger partial charge in [0.2, 0.25) is 10.0 Å². The predicted molar refractivity (Wildman–Crippen MR) is 79.1 cm³/mol. The minimum atomic E-state index is -5.01. The summed E-state index contributed by atoms with van der Waals surface area (Å²) in [5, 5.41) is 0. The van der Waals surface area contributed by atoms with Crippen LogP contribution in [0.25, 0.3) is 0 Å². The van der Waals surface area contributed by atoms with Crippen molar-refractivity contribution in [3.8, 4) is 5.75 Å². The Hall–Kier alpha value is -1.65. The second-order valence-electron chi connectivity index (χ2n) is 4.32. The lowest BCUT2D eigenvalue weighted by atomic mass is 10.3. The largest absolute Gasteiger partial charge is 0.573 e. The number of pyridine rings is 1. The summed E-state index contributed by atoms with van der Waals surface area (Å²) in [6.45, 7) is -0.113. The average molecular weight is 411 g/mol. The first kappa shape index (κ1) is 17.7. The van der Waals surface area contributed by atoms with Gasteiger partial charge in [0.05, 0.1) is 0 Å². The van der Waals surface area contributed by atoms with Gasteiger partial charge in [0.25, 0.3) is 0 Å². The molecule has 10 heteroatoms. The molecule has 0 radical (unpaired) electrons. The molecule has 1 aromatic heterocycles. The molecule has 1 aromatic carbocycles. The Morgan fingerprint density at radius 3 is 2.61 bits per heavy atom. The van der Waals surface area contributed by atoms with Crippen molar-refractivity contribution in [3.63, 3.8) is 0 Å². The van der Waals surface area contributed by atoms with E-state index < -0.39 is 27.0 Å². The minimum Gasteiger partial charge on any atom is -0.404 e. The molecule has 0 aliphatic carbocycles. The van der Waals surface area contributed by atoms with E-state index in [1.54, 1.807) is 12.1 Å². The van der Waals surface area contributed by atoms with Gasteiger partial charge in [-0.05, 0) is 29.8 Å². The maximum atomic E-state index is 12.4. The fraction of sp³-hybridized carbons (Fsp3) is 0.154. The summed E-state index contributed by atoms with van der Waals surface area (Å²) in [6.07, 6.45) is -2.05. The molecule has 0 saturated carbocycles. The van der Waals surface area contributed by atoms with Crippen LogP contribution in [0.5, 0.6) is 5.75 Å². The van der Waals surface area contributed by atoms with Crippen molar-refractivity contribution in [3.05, 3.63) is 52.8 Å². The molecule has 0 atom stereocenters. The molecule has 1 N–H and O–H groups in total. The monoisotopic (exact) mass is 410 g/mol. The third kappa shape index (κ3) is 5.19. The number of rotatable bonds is 5. The molecule has 0 amide bonds. The number of hydrogen-bond donors (Lipinski definition) is 1. The molecule has 0 bridgehead atoms. The number of aromatic nitrogens is 1. The molecule has 0 unspecified atom stereocenters. The lowest BCUT2D eigenvalue weighted by Gasteiger charge is -2.14. The van der Waals surface area contributed by atoms with Crippen molar-refractivity contribution < 1.29 is 26.3 Å². The van der Waals surface area contributed by atoms with Gasteiger partial charge >= 0.3 is 6.36 Å². The fourth-order valence-electron chi connectivity index (χ4n) is 1.67. The van der Waals surface area contributed by atoms with Crippen LogP contribution in [0.3, 0.4) is 0 Å². The van der Waals surface area contributed by atoms with Gasteiger partial charge in [-0.25, -0.2) is 13.1 Å². The van der Waals surface area contributed by atoms with E-state index in [0.29, 0.717) is 5.56 Å². The van der Waals surface area contributed by atoms with E-state index in [2.05, 4.69) is 30.4 Å². The molecule has 2 rings (SSSR count). The Kier molecular flexibility index (Phi) is 5.27. The molecule has 0 spiro atoms. The summed E-state index contributed by atoms with van der Waals surface area (Å²) in [7, 11) is -4.20. The predicted octanol–water partition coefficient (Wildman–Crippen LogP) is 3.22. The van der Waals surface area contributed by atoms with Gasteiger partial charge in [-0.2, -0.15) is 0 Å². The highest BCUT2D eigenvalue weighted by Gasteiger charge is 2.34. The number of benzene rings is 1. The van der Waals surface area contributed by atoms with Crippen molar-refractivity contribution in [1.29, 1.82) is 0 Å². The zero-order valence-electron chi connectivity index (χ0n) is 11.3. The highest BCUT2D eigenvalue weighted by Crippen LogP contribution is 2.32. The molecule has 0 saturated heterocycles. The van der Waals surface area contributed by atoms with Crippen molar-refractivity contribution in [2.45, 2.75) is 17.8 Å². The first-order chi connectivity index (χ1) is 10.7. The second-order valence-corrected chi connectivity index (χ2v) is 6.98. The van der Waals surface area contributed by atoms with Gasteiger partial charge in [0.1, 0.15) is 4.90 Å². The number of sulfonamides is 1. The first-order valence-electron chi connectivity index (χ1n) is 6.11. The molecular weight excluding hydrogens is 401 g/mol. The lowest BCUT2D eigenvalue weighted by molar-refractivity contribution is -0.275. The zero-order valence-corrected chi connectivity index (χ0v) is 13.7. The second kappa shape index (κ2) is 6.85. The summed E-state index contributed by atoms with van der Waals surface area (Å²) in [5.74, 6) is -0.814. The first-order valence-corrected chi connectivity index (χ1v) is 8.39. The van der Waals surface area contributed by atoms with Crippen molar-refractivity contribution in [1.82, 2.24) is 9.71 Å². The maximum absolute atomic E-state index is 12.4. The van der Waals surface area contributed by atoms with Gasteiger partial charge in [-0.1, -0.05) is 22.0 Å². The number of hydrogen-bond acceptors (Lipinski definition) is 4. The summed E-state index contributed by atoms with van der Waals surface area (Å²) in [5.41, 5.74) is 0.562. The topological polar surface area (TPSA) is 68.3 Å². The van der Waals surface area contributed by atoms with E-state index in [1.165, 1.54) is 18.5 Å². The molecule has 124 valence electrons. The van der Waals surface area contributed by atoms with Crippen LogP contribution in [0.1, 0.15) is 5.56 Å². The molecule has 0 aliphatic rings. The van der Waals surface area contributed by atoms with Gasteiger partial charge in [0, 0.05) is 23.4 Å². The summed E-state index contributed by atoms with van der Waals surface area (Å²) >= 11 is 2.98. The molecular formula is C13H10BrF3N2O3S. The minimum absolute atomic E-state index is 0.113. The summed E-state index contributed by atoms with van der Waals surface area (Å²) in [4.78, 5) is 3.21. The SMILES string of the molecule is O=S(=O)(NCc1cccnc1)c1ccc(Br)cc1OC(F)(F)F. The Bertz CT molecular complexity index is 783. The van der Waals surface area contributed by atoms with E-state index in [1.807, 2.05) is 0 Å². The van der Waals surface area contributed by atoms with Crippen LogP contribution >= 0.6 is 15.9 Å². The number of nitrogens with zero attached hydrogens (tertiary/aromatic N) is 1. The van der Waals surface area contributed by atoms with Crippen LogP contribution in [0.15, 0.2) is 52.1 Å². The third-order valence-corrected chi connectivity index (χ3v) is 4.54. The van der Waals surface area contributed by atoms with Crippen LogP contribution in [0.4, 0.5) is 13.2 Å². The highest BCUT2D eigenvalue weighted by molar-refractivity contribution is 9.10. The van der Waals surface area contributed by atoms with Gasteiger partial charge in [-0.3, -0.25) is 4.98 Å². The molecule has 0 fully saturated rings. The van der Waals surface area contributed by atoms with Crippen LogP contribution < -0.4 is 9.46 Å². The standard InChI is InChI=1S/C13H10BrF3N2O3S/c14-10-3-4-12(11(6-10)22-13(15,16)17)23(20,21)19-8-9-2-1-5-18-7-9/h1-7,19H,8H2. The normalized spacial score (nSPS) is 12.2. The van der Waals surface area contributed by atoms with Crippen LogP contribution in [0.2, 0.25) is 0 Å². The number of nitrogens with one attached hydrogen (secondary N) is 1. The fourth-order valence-corrected chi connectivity index (χ4v) is 3.13. The number of alkyl halides is 3. The van der Waals surface area contributed by atoms with Gasteiger partial charge in [0.15, 0.2) is 5.75 Å². The molecule has 5 nitrogen and oxygen atoms in total. The van der Waals surface area contributed by atoms with Crippen LogP contribution in [0, 0.1) is 0 Å². The Morgan fingerprint density at radius 2 is 2.00 bits per heavy atom. The Balaban J connectivity index is 2.28. The van der Waals surface area contributed by atoms with Crippen LogP contribution in [-0.2, 0) is 16.6 Å². The van der Waals surface area contributed by atoms with E-state index in [0.717, 1.165) is 12.1 Å². The molecule has 1 heterocycles. The average Bonchev–Trinajstić information content (AvgIpc) is 2.44. The smallest absolute Gasteiger partial charge is 0.404 e. The molecule has 2 aromatic rings. The van der Waals surface area contributed by atoms with E-state index in [4.69, 9.17) is 0 Å². The Morgan fingerprint density at radius 1 is 1.26 bits per heavy atom. The summed E-state index contributed by atoms with van der Waals surface area (Å²) < 4.78 is 68.0. The van der Waals surface area contributed by atoms with Gasteiger partial charge in [-0.15, -0.1) is 13.2 Å². The third-order valence-electron chi connectivity index (χ3n) is 2.61. The van der Waals surface area contributed by atoms with Crippen LogP contribution in [-0.4, -0.2) is 19.8 Å². The maximum Gasteiger partial charge on any atom is 0.573 e.